The highest BCUT2D eigenvalue weighted by atomic mass is 32.2. The van der Waals surface area contributed by atoms with Crippen molar-refractivity contribution in [1.82, 2.24) is 4.83 Å². The Morgan fingerprint density at radius 2 is 2.00 bits per heavy atom. The number of nitrogens with zero attached hydrogens (tertiary/aromatic N) is 1. The van der Waals surface area contributed by atoms with Crippen molar-refractivity contribution in [2.45, 2.75) is 13.8 Å². The van der Waals surface area contributed by atoms with Crippen molar-refractivity contribution in [1.29, 1.82) is 0 Å². The summed E-state index contributed by atoms with van der Waals surface area (Å²) >= 11 is 0. The van der Waals surface area contributed by atoms with Crippen LogP contribution in [0.25, 0.3) is 0 Å². The van der Waals surface area contributed by atoms with E-state index >= 15 is 0 Å². The molecular weight excluding hydrogens is 152 g/mol. The molecule has 0 unspecified atom stereocenters. The minimum absolute atomic E-state index is 0.259. The van der Waals surface area contributed by atoms with E-state index in [1.807, 2.05) is 18.7 Å². The molecule has 5 heteroatoms. The van der Waals surface area contributed by atoms with Crippen LogP contribution in [0.1, 0.15) is 13.8 Å². The molecule has 0 aliphatic carbocycles. The standard InChI is InChI=1S/C5H12N2O2S/c1-5(2)4-6-7-10(3,8)9/h4-5,7H,1-3H3/b6-4+. The maximum Gasteiger partial charge on any atom is 0.244 e. The van der Waals surface area contributed by atoms with Crippen LogP contribution in [-0.2, 0) is 10.0 Å². The molecule has 0 fully saturated rings. The molecule has 0 aromatic carbocycles. The van der Waals surface area contributed by atoms with Crippen molar-refractivity contribution in [2.75, 3.05) is 6.26 Å². The van der Waals surface area contributed by atoms with Crippen LogP contribution in [0, 0.1) is 5.92 Å². The van der Waals surface area contributed by atoms with Gasteiger partial charge in [-0.05, 0) is 5.92 Å². The van der Waals surface area contributed by atoms with Gasteiger partial charge in [-0.15, -0.1) is 0 Å². The molecule has 0 bridgehead atoms. The van der Waals surface area contributed by atoms with Crippen LogP contribution in [0.5, 0.6) is 0 Å². The molecule has 1 N–H and O–H groups in total. The monoisotopic (exact) mass is 164 g/mol. The molecule has 0 aliphatic heterocycles. The molecule has 0 saturated heterocycles. The van der Waals surface area contributed by atoms with E-state index in [0.717, 1.165) is 6.26 Å². The number of nitrogens with one attached hydrogen (secondary N) is 1. The molecule has 0 aliphatic rings. The predicted octanol–water partition coefficient (Wildman–Crippen LogP) is 0.177. The lowest BCUT2D eigenvalue weighted by Gasteiger charge is -1.95. The van der Waals surface area contributed by atoms with Gasteiger partial charge in [-0.3, -0.25) is 0 Å². The molecule has 0 saturated carbocycles. The van der Waals surface area contributed by atoms with E-state index in [4.69, 9.17) is 0 Å². The second-order valence-corrected chi connectivity index (χ2v) is 4.11. The van der Waals surface area contributed by atoms with Gasteiger partial charge in [-0.25, -0.2) is 13.2 Å². The predicted molar refractivity (Wildman–Crippen MR) is 41.3 cm³/mol. The average molecular weight is 164 g/mol. The molecule has 60 valence electrons. The van der Waals surface area contributed by atoms with Crippen LogP contribution in [0.4, 0.5) is 0 Å². The fraction of sp³-hybridized carbons (Fsp3) is 0.800. The lowest BCUT2D eigenvalue weighted by Crippen LogP contribution is -2.15. The molecule has 0 aromatic heterocycles. The van der Waals surface area contributed by atoms with Crippen LogP contribution in [0.2, 0.25) is 0 Å². The summed E-state index contributed by atoms with van der Waals surface area (Å²) in [5, 5.41) is 3.48. The van der Waals surface area contributed by atoms with Gasteiger partial charge in [0, 0.05) is 6.21 Å². The first kappa shape index (κ1) is 9.42. The van der Waals surface area contributed by atoms with E-state index in [0.29, 0.717) is 0 Å². The number of hydrogen-bond donors (Lipinski definition) is 1. The lowest BCUT2D eigenvalue weighted by atomic mass is 10.3. The Labute approximate surface area is 61.4 Å². The molecule has 0 atom stereocenters. The SMILES string of the molecule is CC(C)/C=N/NS(C)(=O)=O. The van der Waals surface area contributed by atoms with Gasteiger partial charge in [0.05, 0.1) is 6.26 Å². The van der Waals surface area contributed by atoms with E-state index in [1.54, 1.807) is 0 Å². The van der Waals surface area contributed by atoms with Crippen molar-refractivity contribution in [2.24, 2.45) is 11.0 Å². The quantitative estimate of drug-likeness (QED) is 0.477. The summed E-state index contributed by atoms with van der Waals surface area (Å²) in [6.07, 6.45) is 2.59. The van der Waals surface area contributed by atoms with Crippen molar-refractivity contribution < 1.29 is 8.42 Å². The second-order valence-electron chi connectivity index (χ2n) is 2.39. The lowest BCUT2D eigenvalue weighted by molar-refractivity contribution is 0.590. The number of rotatable bonds is 3. The summed E-state index contributed by atoms with van der Waals surface area (Å²) in [6, 6.07) is 0. The average Bonchev–Trinajstić information content (AvgIpc) is 1.59. The number of sulfonamides is 1. The maximum atomic E-state index is 10.4. The number of hydrogen-bond acceptors (Lipinski definition) is 3. The third kappa shape index (κ3) is 7.42. The van der Waals surface area contributed by atoms with Crippen LogP contribution in [0.15, 0.2) is 5.10 Å². The van der Waals surface area contributed by atoms with Gasteiger partial charge in [-0.2, -0.15) is 5.10 Å². The third-order valence-corrected chi connectivity index (χ3v) is 1.03. The molecule has 0 heterocycles. The Hall–Kier alpha value is -0.580. The van der Waals surface area contributed by atoms with E-state index < -0.39 is 10.0 Å². The molecule has 0 spiro atoms. The first-order valence-corrected chi connectivity index (χ1v) is 4.81. The van der Waals surface area contributed by atoms with Crippen LogP contribution >= 0.6 is 0 Å². The van der Waals surface area contributed by atoms with Crippen LogP contribution in [0.3, 0.4) is 0 Å². The summed E-state index contributed by atoms with van der Waals surface area (Å²) in [5.41, 5.74) is 0. The van der Waals surface area contributed by atoms with Gasteiger partial charge in [-0.1, -0.05) is 13.8 Å². The van der Waals surface area contributed by atoms with Gasteiger partial charge in [0.15, 0.2) is 0 Å². The van der Waals surface area contributed by atoms with Crippen molar-refractivity contribution in [3.05, 3.63) is 0 Å². The summed E-state index contributed by atoms with van der Waals surface area (Å²) in [7, 11) is -3.17. The summed E-state index contributed by atoms with van der Waals surface area (Å²) in [6.45, 7) is 3.82. The summed E-state index contributed by atoms with van der Waals surface area (Å²) in [4.78, 5) is 1.99. The van der Waals surface area contributed by atoms with Crippen molar-refractivity contribution >= 4 is 16.2 Å². The van der Waals surface area contributed by atoms with Gasteiger partial charge in [0.2, 0.25) is 10.0 Å². The fourth-order valence-corrected chi connectivity index (χ4v) is 0.528. The Morgan fingerprint density at radius 1 is 1.50 bits per heavy atom. The Morgan fingerprint density at radius 3 is 2.30 bits per heavy atom. The second kappa shape index (κ2) is 3.55. The molecular formula is C5H12N2O2S. The molecule has 0 amide bonds. The largest absolute Gasteiger partial charge is 0.244 e. The van der Waals surface area contributed by atoms with Gasteiger partial charge in [0.1, 0.15) is 0 Å². The highest BCUT2D eigenvalue weighted by molar-refractivity contribution is 7.88. The first-order chi connectivity index (χ1) is 4.42. The molecule has 0 aromatic rings. The van der Waals surface area contributed by atoms with Crippen molar-refractivity contribution in [3.8, 4) is 0 Å². The highest BCUT2D eigenvalue weighted by Crippen LogP contribution is 1.83. The van der Waals surface area contributed by atoms with E-state index in [2.05, 4.69) is 5.10 Å². The molecule has 4 nitrogen and oxygen atoms in total. The van der Waals surface area contributed by atoms with Crippen molar-refractivity contribution in [3.63, 3.8) is 0 Å². The Balaban J connectivity index is 3.77. The van der Waals surface area contributed by atoms with E-state index in [9.17, 15) is 8.42 Å². The summed E-state index contributed by atoms with van der Waals surface area (Å²) in [5.74, 6) is 0.259. The van der Waals surface area contributed by atoms with Crippen LogP contribution in [-0.4, -0.2) is 20.9 Å². The van der Waals surface area contributed by atoms with Gasteiger partial charge in [0.25, 0.3) is 0 Å². The molecule has 10 heavy (non-hydrogen) atoms. The maximum absolute atomic E-state index is 10.4. The Kier molecular flexibility index (Phi) is 3.35. The zero-order valence-electron chi connectivity index (χ0n) is 6.33. The van der Waals surface area contributed by atoms with E-state index in [1.165, 1.54) is 6.21 Å². The zero-order valence-corrected chi connectivity index (χ0v) is 7.14. The highest BCUT2D eigenvalue weighted by Gasteiger charge is 1.93. The van der Waals surface area contributed by atoms with Gasteiger partial charge < -0.3 is 0 Å². The van der Waals surface area contributed by atoms with Crippen LogP contribution < -0.4 is 4.83 Å². The normalized spacial score (nSPS) is 12.8. The zero-order chi connectivity index (χ0) is 8.20. The Bertz CT molecular complexity index is 206. The first-order valence-electron chi connectivity index (χ1n) is 2.92. The number of hydrazone groups is 1. The third-order valence-electron chi connectivity index (χ3n) is 0.591. The summed E-state index contributed by atoms with van der Waals surface area (Å²) < 4.78 is 20.8. The molecule has 0 radical (unpaired) electrons. The van der Waals surface area contributed by atoms with E-state index in [-0.39, 0.29) is 5.92 Å². The molecule has 0 rings (SSSR count). The smallest absolute Gasteiger partial charge is 0.206 e. The minimum Gasteiger partial charge on any atom is -0.206 e. The van der Waals surface area contributed by atoms with Gasteiger partial charge >= 0.3 is 0 Å². The topological polar surface area (TPSA) is 58.5 Å². The fourth-order valence-electron chi connectivity index (χ4n) is 0.275. The minimum atomic E-state index is -3.17.